The summed E-state index contributed by atoms with van der Waals surface area (Å²) in [5.41, 5.74) is 0. The Balaban J connectivity index is 3.71. The fraction of sp³-hybridized carbons (Fsp3) is 0.857. The lowest BCUT2D eigenvalue weighted by Gasteiger charge is -2.05. The van der Waals surface area contributed by atoms with Crippen LogP contribution in [0.1, 0.15) is 27.7 Å². The number of nitrogens with zero attached hydrogens (tertiary/aromatic N) is 1. The molecular formula is C7H15N2O. The molecule has 0 bridgehead atoms. The van der Waals surface area contributed by atoms with Crippen LogP contribution in [0.4, 0.5) is 0 Å². The summed E-state index contributed by atoms with van der Waals surface area (Å²) in [7, 11) is 0. The first kappa shape index (κ1) is 9.27. The van der Waals surface area contributed by atoms with Crippen molar-refractivity contribution in [3.05, 3.63) is 0 Å². The van der Waals surface area contributed by atoms with Gasteiger partial charge in [-0.25, -0.2) is 10.1 Å². The van der Waals surface area contributed by atoms with Crippen LogP contribution in [-0.4, -0.2) is 18.1 Å². The van der Waals surface area contributed by atoms with E-state index in [2.05, 4.69) is 10.3 Å². The van der Waals surface area contributed by atoms with Crippen molar-refractivity contribution in [2.24, 2.45) is 4.99 Å². The highest BCUT2D eigenvalue weighted by atomic mass is 16.3. The minimum Gasteiger partial charge on any atom is -0.334 e. The molecule has 0 aromatic rings. The molecule has 1 radical (unpaired) electrons. The van der Waals surface area contributed by atoms with E-state index in [-0.39, 0.29) is 18.1 Å². The van der Waals surface area contributed by atoms with Crippen molar-refractivity contribution < 1.29 is 5.11 Å². The minimum atomic E-state index is -0.218. The van der Waals surface area contributed by atoms with E-state index in [0.717, 1.165) is 0 Å². The van der Waals surface area contributed by atoms with Crippen LogP contribution in [0.5, 0.6) is 0 Å². The van der Waals surface area contributed by atoms with Gasteiger partial charge in [-0.15, -0.1) is 0 Å². The summed E-state index contributed by atoms with van der Waals surface area (Å²) in [6, 6.07) is 0.0405. The van der Waals surface area contributed by atoms with Crippen LogP contribution in [0.15, 0.2) is 4.99 Å². The molecule has 0 atom stereocenters. The van der Waals surface area contributed by atoms with Gasteiger partial charge in [-0.05, 0) is 27.7 Å². The number of aliphatic imine (C=N–C) groups is 1. The van der Waals surface area contributed by atoms with Gasteiger partial charge in [0.1, 0.15) is 0 Å². The van der Waals surface area contributed by atoms with E-state index in [1.807, 2.05) is 27.7 Å². The maximum absolute atomic E-state index is 10.8. The Morgan fingerprint density at radius 3 is 2.10 bits per heavy atom. The summed E-state index contributed by atoms with van der Waals surface area (Å²) in [6.07, 6.45) is 0. The fourth-order valence-corrected chi connectivity index (χ4v) is 0.519. The zero-order chi connectivity index (χ0) is 8.15. The Morgan fingerprint density at radius 2 is 1.80 bits per heavy atom. The molecule has 0 unspecified atom stereocenters. The van der Waals surface area contributed by atoms with Crippen molar-refractivity contribution in [1.29, 1.82) is 0 Å². The van der Waals surface area contributed by atoms with E-state index in [9.17, 15) is 5.11 Å². The molecule has 1 N–H and O–H groups in total. The molecule has 0 spiro atoms. The van der Waals surface area contributed by atoms with E-state index >= 15 is 0 Å². The van der Waals surface area contributed by atoms with Gasteiger partial charge >= 0.3 is 6.02 Å². The summed E-state index contributed by atoms with van der Waals surface area (Å²) in [6.45, 7) is 7.57. The third-order valence-electron chi connectivity index (χ3n) is 0.788. The monoisotopic (exact) mass is 143 g/mol. The average molecular weight is 143 g/mol. The van der Waals surface area contributed by atoms with Crippen LogP contribution in [0.25, 0.3) is 0 Å². The van der Waals surface area contributed by atoms with Crippen molar-refractivity contribution in [2.75, 3.05) is 0 Å². The lowest BCUT2D eigenvalue weighted by molar-refractivity contribution is 0.386. The molecule has 0 aliphatic rings. The minimum absolute atomic E-state index is 0.0822. The summed E-state index contributed by atoms with van der Waals surface area (Å²) >= 11 is 0. The summed E-state index contributed by atoms with van der Waals surface area (Å²) in [5.74, 6) is 0. The van der Waals surface area contributed by atoms with Gasteiger partial charge in [0.15, 0.2) is 0 Å². The fourth-order valence-electron chi connectivity index (χ4n) is 0.519. The van der Waals surface area contributed by atoms with Crippen LogP contribution in [-0.2, 0) is 5.11 Å². The number of hydrogen-bond acceptors (Lipinski definition) is 1. The zero-order valence-corrected chi connectivity index (χ0v) is 7.01. The van der Waals surface area contributed by atoms with Gasteiger partial charge in [0.05, 0.1) is 0 Å². The number of nitrogens with one attached hydrogen (secondary N) is 1. The van der Waals surface area contributed by atoms with Crippen LogP contribution in [0, 0.1) is 0 Å². The summed E-state index contributed by atoms with van der Waals surface area (Å²) < 4.78 is 0. The highest BCUT2D eigenvalue weighted by molar-refractivity contribution is 5.71. The number of hydrogen-bond donors (Lipinski definition) is 1. The molecule has 0 fully saturated rings. The first-order chi connectivity index (χ1) is 4.52. The first-order valence-electron chi connectivity index (χ1n) is 3.53. The normalized spacial score (nSPS) is 12.8. The van der Waals surface area contributed by atoms with Crippen LogP contribution in [0.3, 0.4) is 0 Å². The van der Waals surface area contributed by atoms with Crippen molar-refractivity contribution in [3.8, 4) is 0 Å². The molecule has 0 aliphatic heterocycles. The van der Waals surface area contributed by atoms with Gasteiger partial charge < -0.3 is 5.32 Å². The molecule has 0 heterocycles. The maximum atomic E-state index is 10.8. The van der Waals surface area contributed by atoms with Crippen LogP contribution >= 0.6 is 0 Å². The highest BCUT2D eigenvalue weighted by Gasteiger charge is 1.99. The Kier molecular flexibility index (Phi) is 3.84. The quantitative estimate of drug-likeness (QED) is 0.458. The van der Waals surface area contributed by atoms with E-state index in [0.29, 0.717) is 0 Å². The molecule has 3 heteroatoms. The van der Waals surface area contributed by atoms with Crippen LogP contribution in [0.2, 0.25) is 0 Å². The second kappa shape index (κ2) is 4.14. The molecular weight excluding hydrogens is 128 g/mol. The Labute approximate surface area is 62.2 Å². The van der Waals surface area contributed by atoms with E-state index < -0.39 is 0 Å². The third kappa shape index (κ3) is 5.41. The average Bonchev–Trinajstić information content (AvgIpc) is 1.58. The van der Waals surface area contributed by atoms with Crippen molar-refractivity contribution >= 4 is 6.02 Å². The molecule has 59 valence electrons. The molecule has 0 aliphatic carbocycles. The zero-order valence-electron chi connectivity index (χ0n) is 7.01. The molecule has 0 aromatic carbocycles. The molecule has 0 amide bonds. The molecule has 0 saturated heterocycles. The Bertz CT molecular complexity index is 119. The SMILES string of the molecule is CC(C)/N=C(\[O])NC(C)C. The molecule has 3 nitrogen and oxygen atoms in total. The Hall–Kier alpha value is -0.730. The van der Waals surface area contributed by atoms with Gasteiger partial charge in [-0.2, -0.15) is 0 Å². The predicted octanol–water partition coefficient (Wildman–Crippen LogP) is 1.18. The topological polar surface area (TPSA) is 44.3 Å². The van der Waals surface area contributed by atoms with E-state index in [1.54, 1.807) is 0 Å². The predicted molar refractivity (Wildman–Crippen MR) is 41.5 cm³/mol. The molecule has 10 heavy (non-hydrogen) atoms. The lowest BCUT2D eigenvalue weighted by atomic mass is 10.4. The molecule has 0 rings (SSSR count). The van der Waals surface area contributed by atoms with Crippen LogP contribution < -0.4 is 5.32 Å². The third-order valence-corrected chi connectivity index (χ3v) is 0.788. The second-order valence-electron chi connectivity index (χ2n) is 2.83. The van der Waals surface area contributed by atoms with Gasteiger partial charge in [-0.3, -0.25) is 0 Å². The van der Waals surface area contributed by atoms with E-state index in [4.69, 9.17) is 0 Å². The first-order valence-corrected chi connectivity index (χ1v) is 3.53. The van der Waals surface area contributed by atoms with Crippen molar-refractivity contribution in [2.45, 2.75) is 39.8 Å². The second-order valence-corrected chi connectivity index (χ2v) is 2.83. The maximum Gasteiger partial charge on any atom is 0.336 e. The lowest BCUT2D eigenvalue weighted by Crippen LogP contribution is -2.29. The summed E-state index contributed by atoms with van der Waals surface area (Å²) in [4.78, 5) is 3.77. The highest BCUT2D eigenvalue weighted by Crippen LogP contribution is 1.86. The van der Waals surface area contributed by atoms with Gasteiger partial charge in [0, 0.05) is 12.1 Å². The Morgan fingerprint density at radius 1 is 1.30 bits per heavy atom. The molecule has 0 aromatic heterocycles. The molecule has 0 saturated carbocycles. The number of amidine groups is 1. The van der Waals surface area contributed by atoms with Crippen molar-refractivity contribution in [1.82, 2.24) is 5.32 Å². The van der Waals surface area contributed by atoms with Gasteiger partial charge in [0.25, 0.3) is 0 Å². The smallest absolute Gasteiger partial charge is 0.334 e. The van der Waals surface area contributed by atoms with Crippen molar-refractivity contribution in [3.63, 3.8) is 0 Å². The van der Waals surface area contributed by atoms with Gasteiger partial charge in [-0.1, -0.05) is 0 Å². The summed E-state index contributed by atoms with van der Waals surface area (Å²) in [5, 5.41) is 13.5. The van der Waals surface area contributed by atoms with Gasteiger partial charge in [0.2, 0.25) is 0 Å². The van der Waals surface area contributed by atoms with E-state index in [1.165, 1.54) is 0 Å². The standard InChI is InChI=1S/C7H15N2O/c1-5(2)8-7(10)9-6(3)4/h5-6H,1-4H3,(H,8,9). The number of rotatable bonds is 2. The largest absolute Gasteiger partial charge is 0.336 e.